The highest BCUT2D eigenvalue weighted by molar-refractivity contribution is 8.00. The number of carbonyl (C=O) groups excluding carboxylic acids is 2. The Morgan fingerprint density at radius 3 is 2.36 bits per heavy atom. The molecule has 0 aliphatic rings. The van der Waals surface area contributed by atoms with Gasteiger partial charge in [-0.15, -0.1) is 18.3 Å². The quantitative estimate of drug-likeness (QED) is 0.201. The van der Waals surface area contributed by atoms with Gasteiger partial charge in [-0.05, 0) is 6.42 Å². The summed E-state index contributed by atoms with van der Waals surface area (Å²) in [6.45, 7) is 2.71. The number of nitrogens with two attached hydrogens (primary N) is 1. The van der Waals surface area contributed by atoms with Crippen molar-refractivity contribution in [1.29, 1.82) is 0 Å². The fourth-order valence-electron chi connectivity index (χ4n) is 1.56. The van der Waals surface area contributed by atoms with Gasteiger partial charge in [0.25, 0.3) is 0 Å². The first-order chi connectivity index (χ1) is 11.7. The van der Waals surface area contributed by atoms with E-state index < -0.39 is 42.4 Å². The van der Waals surface area contributed by atoms with Crippen LogP contribution in [0.1, 0.15) is 12.8 Å². The number of nitrogens with one attached hydrogen (secondary N) is 2. The van der Waals surface area contributed by atoms with E-state index in [1.54, 1.807) is 0 Å². The minimum Gasteiger partial charge on any atom is -0.480 e. The standard InChI is InChI=1S/C14H23N3O7S/c1-2-8(6-18)25-7-10(13(22)16-5-12(20)21)17-11(19)4-3-9(15)14(23)24/h2,8-10,18H,1,3-7,15H2,(H,16,22)(H,17,19)(H,20,21)(H,23,24). The molecule has 0 saturated carbocycles. The monoisotopic (exact) mass is 377 g/mol. The maximum absolute atomic E-state index is 12.0. The lowest BCUT2D eigenvalue weighted by molar-refractivity contribution is -0.139. The fraction of sp³-hybridized carbons (Fsp3) is 0.571. The van der Waals surface area contributed by atoms with Crippen LogP contribution < -0.4 is 16.4 Å². The van der Waals surface area contributed by atoms with Crippen LogP contribution in [0, 0.1) is 0 Å². The molecule has 0 radical (unpaired) electrons. The highest BCUT2D eigenvalue weighted by Crippen LogP contribution is 2.13. The highest BCUT2D eigenvalue weighted by Gasteiger charge is 2.23. The lowest BCUT2D eigenvalue weighted by Gasteiger charge is -2.19. The second-order valence-corrected chi connectivity index (χ2v) is 6.28. The van der Waals surface area contributed by atoms with Crippen molar-refractivity contribution in [3.05, 3.63) is 12.7 Å². The average molecular weight is 377 g/mol. The zero-order chi connectivity index (χ0) is 19.4. The zero-order valence-corrected chi connectivity index (χ0v) is 14.3. The van der Waals surface area contributed by atoms with Crippen LogP contribution in [0.25, 0.3) is 0 Å². The van der Waals surface area contributed by atoms with Gasteiger partial charge in [0.1, 0.15) is 18.6 Å². The molecule has 0 spiro atoms. The molecule has 0 heterocycles. The van der Waals surface area contributed by atoms with Crippen molar-refractivity contribution in [3.63, 3.8) is 0 Å². The molecule has 0 saturated heterocycles. The first-order valence-electron chi connectivity index (χ1n) is 7.33. The normalized spacial score (nSPS) is 14.0. The molecule has 3 atom stereocenters. The summed E-state index contributed by atoms with van der Waals surface area (Å²) in [7, 11) is 0. The van der Waals surface area contributed by atoms with E-state index in [2.05, 4.69) is 17.2 Å². The number of aliphatic carboxylic acids is 2. The highest BCUT2D eigenvalue weighted by atomic mass is 32.2. The molecule has 2 amide bonds. The summed E-state index contributed by atoms with van der Waals surface area (Å²) in [4.78, 5) is 45.0. The van der Waals surface area contributed by atoms with Crippen molar-refractivity contribution < 1.29 is 34.5 Å². The molecule has 7 N–H and O–H groups in total. The molecule has 0 aromatic rings. The van der Waals surface area contributed by atoms with Gasteiger partial charge in [-0.3, -0.25) is 19.2 Å². The number of carbonyl (C=O) groups is 4. The minimum absolute atomic E-state index is 0.0689. The van der Waals surface area contributed by atoms with E-state index in [-0.39, 0.29) is 30.5 Å². The number of thioether (sulfide) groups is 1. The van der Waals surface area contributed by atoms with Crippen LogP contribution >= 0.6 is 11.8 Å². The van der Waals surface area contributed by atoms with E-state index >= 15 is 0 Å². The molecule has 0 fully saturated rings. The molecular weight excluding hydrogens is 354 g/mol. The summed E-state index contributed by atoms with van der Waals surface area (Å²) in [5.41, 5.74) is 5.30. The lowest BCUT2D eigenvalue weighted by Crippen LogP contribution is -2.49. The molecule has 0 aromatic carbocycles. The Morgan fingerprint density at radius 1 is 1.24 bits per heavy atom. The largest absolute Gasteiger partial charge is 0.480 e. The van der Waals surface area contributed by atoms with Crippen LogP contribution in [0.3, 0.4) is 0 Å². The van der Waals surface area contributed by atoms with Crippen molar-refractivity contribution >= 4 is 35.5 Å². The van der Waals surface area contributed by atoms with Gasteiger partial charge in [-0.1, -0.05) is 6.08 Å². The predicted octanol–water partition coefficient (Wildman–Crippen LogP) is -1.86. The molecule has 11 heteroatoms. The van der Waals surface area contributed by atoms with Crippen molar-refractivity contribution in [2.75, 3.05) is 18.9 Å². The second-order valence-electron chi connectivity index (χ2n) is 5.01. The molecule has 0 aromatic heterocycles. The SMILES string of the molecule is C=CC(CO)SCC(NC(=O)CCC(N)C(=O)O)C(=O)NCC(=O)O. The smallest absolute Gasteiger partial charge is 0.322 e. The van der Waals surface area contributed by atoms with Gasteiger partial charge in [0.05, 0.1) is 6.61 Å². The third kappa shape index (κ3) is 10.4. The summed E-state index contributed by atoms with van der Waals surface area (Å²) >= 11 is 1.15. The van der Waals surface area contributed by atoms with Gasteiger partial charge in [-0.2, -0.15) is 0 Å². The number of carboxylic acids is 2. The van der Waals surface area contributed by atoms with Crippen LogP contribution in [0.4, 0.5) is 0 Å². The van der Waals surface area contributed by atoms with E-state index in [1.165, 1.54) is 6.08 Å². The molecule has 25 heavy (non-hydrogen) atoms. The topological polar surface area (TPSA) is 179 Å². The van der Waals surface area contributed by atoms with E-state index in [9.17, 15) is 19.2 Å². The van der Waals surface area contributed by atoms with Gasteiger partial charge in [0.2, 0.25) is 11.8 Å². The van der Waals surface area contributed by atoms with E-state index in [0.717, 1.165) is 11.8 Å². The second kappa shape index (κ2) is 12.3. The summed E-state index contributed by atoms with van der Waals surface area (Å²) in [5, 5.41) is 30.6. The first kappa shape index (κ1) is 22.9. The average Bonchev–Trinajstić information content (AvgIpc) is 2.56. The maximum Gasteiger partial charge on any atom is 0.322 e. The van der Waals surface area contributed by atoms with Gasteiger partial charge in [-0.25, -0.2) is 0 Å². The number of rotatable bonds is 13. The maximum atomic E-state index is 12.0. The number of amides is 2. The van der Waals surface area contributed by atoms with Crippen LogP contribution in [-0.4, -0.2) is 75.3 Å². The Kier molecular flexibility index (Phi) is 11.2. The van der Waals surface area contributed by atoms with Gasteiger partial charge >= 0.3 is 11.9 Å². The van der Waals surface area contributed by atoms with Crippen LogP contribution in [0.15, 0.2) is 12.7 Å². The van der Waals surface area contributed by atoms with Gasteiger partial charge < -0.3 is 31.7 Å². The Hall–Kier alpha value is -2.11. The summed E-state index contributed by atoms with van der Waals surface area (Å²) < 4.78 is 0. The third-order valence-corrected chi connectivity index (χ3v) is 4.28. The summed E-state index contributed by atoms with van der Waals surface area (Å²) in [6.07, 6.45) is 1.17. The number of aliphatic hydroxyl groups is 1. The van der Waals surface area contributed by atoms with Crippen molar-refractivity contribution in [2.24, 2.45) is 5.73 Å². The van der Waals surface area contributed by atoms with E-state index in [1.807, 2.05) is 0 Å². The molecule has 10 nitrogen and oxygen atoms in total. The molecule has 0 rings (SSSR count). The van der Waals surface area contributed by atoms with Gasteiger partial charge in [0.15, 0.2) is 0 Å². The number of carboxylic acid groups (broad SMARTS) is 2. The van der Waals surface area contributed by atoms with Crippen molar-refractivity contribution in [2.45, 2.75) is 30.2 Å². The molecule has 0 aliphatic heterocycles. The zero-order valence-electron chi connectivity index (χ0n) is 13.5. The number of aliphatic hydroxyl groups excluding tert-OH is 1. The fourth-order valence-corrected chi connectivity index (χ4v) is 2.48. The Bertz CT molecular complexity index is 501. The van der Waals surface area contributed by atoms with Crippen LogP contribution in [-0.2, 0) is 19.2 Å². The molecule has 0 aliphatic carbocycles. The number of hydrogen-bond acceptors (Lipinski definition) is 7. The van der Waals surface area contributed by atoms with Crippen LogP contribution in [0.5, 0.6) is 0 Å². The molecular formula is C14H23N3O7S. The Labute approximate surface area is 148 Å². The summed E-state index contributed by atoms with van der Waals surface area (Å²) in [6, 6.07) is -2.24. The number of hydrogen-bond donors (Lipinski definition) is 6. The van der Waals surface area contributed by atoms with E-state index in [4.69, 9.17) is 21.1 Å². The minimum atomic E-state index is -1.24. The Morgan fingerprint density at radius 2 is 1.88 bits per heavy atom. The molecule has 142 valence electrons. The molecule has 0 bridgehead atoms. The third-order valence-electron chi connectivity index (χ3n) is 2.98. The van der Waals surface area contributed by atoms with Gasteiger partial charge in [0, 0.05) is 17.4 Å². The van der Waals surface area contributed by atoms with Crippen molar-refractivity contribution in [3.8, 4) is 0 Å². The van der Waals surface area contributed by atoms with E-state index in [0.29, 0.717) is 0 Å². The Balaban J connectivity index is 4.71. The van der Waals surface area contributed by atoms with Crippen LogP contribution in [0.2, 0.25) is 0 Å². The predicted molar refractivity (Wildman–Crippen MR) is 91.0 cm³/mol. The lowest BCUT2D eigenvalue weighted by atomic mass is 10.1. The first-order valence-corrected chi connectivity index (χ1v) is 8.38. The summed E-state index contributed by atoms with van der Waals surface area (Å²) in [5.74, 6) is -3.70. The van der Waals surface area contributed by atoms with Crippen molar-refractivity contribution in [1.82, 2.24) is 10.6 Å². The molecule has 3 unspecified atom stereocenters.